The highest BCUT2D eigenvalue weighted by Crippen LogP contribution is 2.67. The van der Waals surface area contributed by atoms with Gasteiger partial charge in [0.15, 0.2) is 11.5 Å². The van der Waals surface area contributed by atoms with Crippen molar-refractivity contribution in [3.05, 3.63) is 34.9 Å². The molecule has 1 aromatic rings. The second kappa shape index (κ2) is 7.10. The fourth-order valence-corrected chi connectivity index (χ4v) is 7.94. The first-order valence-corrected chi connectivity index (χ1v) is 12.3. The van der Waals surface area contributed by atoms with E-state index in [1.54, 1.807) is 6.92 Å². The summed E-state index contributed by atoms with van der Waals surface area (Å²) in [5, 5.41) is 23.4. The number of fused-ring (bicyclic) bond motifs is 5. The molecule has 1 heterocycles. The number of hydrogen-bond acceptors (Lipinski definition) is 5. The van der Waals surface area contributed by atoms with E-state index in [0.29, 0.717) is 31.6 Å². The first-order valence-electron chi connectivity index (χ1n) is 12.3. The molecular weight excluding hydrogens is 416 g/mol. The highest BCUT2D eigenvalue weighted by molar-refractivity contribution is 5.82. The van der Waals surface area contributed by atoms with E-state index >= 15 is 0 Å². The summed E-state index contributed by atoms with van der Waals surface area (Å²) in [6.45, 7) is 4.26. The maximum absolute atomic E-state index is 12.3. The third-order valence-electron chi connectivity index (χ3n) is 9.52. The van der Waals surface area contributed by atoms with Gasteiger partial charge in [0.2, 0.25) is 6.79 Å². The fourth-order valence-electron chi connectivity index (χ4n) is 7.94. The Kier molecular flexibility index (Phi) is 4.58. The van der Waals surface area contributed by atoms with Crippen LogP contribution in [0.3, 0.4) is 0 Å². The third kappa shape index (κ3) is 2.90. The summed E-state index contributed by atoms with van der Waals surface area (Å²) >= 11 is 0. The van der Waals surface area contributed by atoms with Gasteiger partial charge in [-0.1, -0.05) is 24.5 Å². The molecule has 0 unspecified atom stereocenters. The van der Waals surface area contributed by atoms with Crippen molar-refractivity contribution in [2.75, 3.05) is 6.79 Å². The third-order valence-corrected chi connectivity index (χ3v) is 9.52. The van der Waals surface area contributed by atoms with Gasteiger partial charge >= 0.3 is 0 Å². The largest absolute Gasteiger partial charge is 0.454 e. The lowest BCUT2D eigenvalue weighted by atomic mass is 9.50. The molecule has 2 N–H and O–H groups in total. The molecule has 174 valence electrons. The van der Waals surface area contributed by atoms with Gasteiger partial charge in [-0.15, -0.1) is 5.92 Å². The number of aliphatic hydroxyl groups is 2. The molecule has 1 aromatic carbocycles. The first kappa shape index (κ1) is 21.3. The number of allylic oxidation sites excluding steroid dienone is 1. The Morgan fingerprint density at radius 3 is 2.73 bits per heavy atom. The van der Waals surface area contributed by atoms with Gasteiger partial charge in [-0.05, 0) is 80.6 Å². The van der Waals surface area contributed by atoms with Crippen molar-refractivity contribution in [1.82, 2.24) is 0 Å². The number of Topliss-reactive ketones (excluding diaryl/α,β-unsaturated/α-hetero) is 1. The van der Waals surface area contributed by atoms with Crippen molar-refractivity contribution in [2.24, 2.45) is 17.3 Å². The summed E-state index contributed by atoms with van der Waals surface area (Å²) in [6.07, 6.45) is 5.25. The van der Waals surface area contributed by atoms with E-state index in [2.05, 4.69) is 30.9 Å². The van der Waals surface area contributed by atoms with E-state index in [1.807, 2.05) is 6.07 Å². The van der Waals surface area contributed by atoms with Crippen LogP contribution in [0.2, 0.25) is 0 Å². The number of ether oxygens (including phenoxy) is 2. The molecule has 3 saturated carbocycles. The second-order valence-corrected chi connectivity index (χ2v) is 11.0. The minimum atomic E-state index is -1.01. The summed E-state index contributed by atoms with van der Waals surface area (Å²) < 4.78 is 11.2. The van der Waals surface area contributed by atoms with Crippen molar-refractivity contribution in [3.63, 3.8) is 0 Å². The molecule has 5 aliphatic rings. The van der Waals surface area contributed by atoms with E-state index in [4.69, 9.17) is 9.47 Å². The van der Waals surface area contributed by atoms with Crippen LogP contribution in [0.5, 0.6) is 11.5 Å². The SMILES string of the molecule is CC#C[C@]1(O)CC[C@H]2[C@@H]3CC[C@@]4(O)CC(=O)CCC4=C3[C@@H](c3ccc4c(c3)OCO4)C[C@@]21C. The zero-order chi connectivity index (χ0) is 23.0. The molecule has 0 amide bonds. The molecule has 0 radical (unpaired) electrons. The number of ketones is 1. The Hall–Kier alpha value is -2.29. The summed E-state index contributed by atoms with van der Waals surface area (Å²) in [7, 11) is 0. The lowest BCUT2D eigenvalue weighted by molar-refractivity contribution is -0.126. The van der Waals surface area contributed by atoms with Gasteiger partial charge in [0.25, 0.3) is 0 Å². The highest BCUT2D eigenvalue weighted by Gasteiger charge is 2.63. The average Bonchev–Trinajstić information content (AvgIpc) is 3.34. The average molecular weight is 449 g/mol. The molecule has 5 heteroatoms. The zero-order valence-corrected chi connectivity index (χ0v) is 19.4. The molecule has 3 fully saturated rings. The lowest BCUT2D eigenvalue weighted by Gasteiger charge is -2.55. The maximum atomic E-state index is 12.3. The molecule has 0 bridgehead atoms. The van der Waals surface area contributed by atoms with Crippen molar-refractivity contribution in [1.29, 1.82) is 0 Å². The minimum absolute atomic E-state index is 0.0454. The van der Waals surface area contributed by atoms with Gasteiger partial charge in [0, 0.05) is 24.2 Å². The predicted molar refractivity (Wildman–Crippen MR) is 123 cm³/mol. The molecular formula is C28H32O5. The predicted octanol–water partition coefficient (Wildman–Crippen LogP) is 4.26. The first-order chi connectivity index (χ1) is 15.8. The topological polar surface area (TPSA) is 76.0 Å². The van der Waals surface area contributed by atoms with E-state index in [0.717, 1.165) is 41.9 Å². The van der Waals surface area contributed by atoms with E-state index in [9.17, 15) is 15.0 Å². The van der Waals surface area contributed by atoms with Gasteiger partial charge < -0.3 is 19.7 Å². The van der Waals surface area contributed by atoms with E-state index < -0.39 is 11.2 Å². The van der Waals surface area contributed by atoms with E-state index in [1.165, 1.54) is 5.57 Å². The highest BCUT2D eigenvalue weighted by atomic mass is 16.7. The Bertz CT molecular complexity index is 1120. The number of rotatable bonds is 1. The fraction of sp³-hybridized carbons (Fsp3) is 0.607. The van der Waals surface area contributed by atoms with Crippen LogP contribution in [0.1, 0.15) is 76.7 Å². The van der Waals surface area contributed by atoms with Crippen LogP contribution in [-0.2, 0) is 4.79 Å². The van der Waals surface area contributed by atoms with Crippen LogP contribution >= 0.6 is 0 Å². The summed E-state index contributed by atoms with van der Waals surface area (Å²) in [6, 6.07) is 6.15. The normalized spacial score (nSPS) is 41.1. The second-order valence-electron chi connectivity index (χ2n) is 11.0. The monoisotopic (exact) mass is 448 g/mol. The van der Waals surface area contributed by atoms with Crippen LogP contribution in [0.4, 0.5) is 0 Å². The Labute approximate surface area is 195 Å². The van der Waals surface area contributed by atoms with E-state index in [-0.39, 0.29) is 36.2 Å². The number of hydrogen-bond donors (Lipinski definition) is 2. The van der Waals surface area contributed by atoms with Crippen molar-refractivity contribution < 1.29 is 24.5 Å². The van der Waals surface area contributed by atoms with Gasteiger partial charge in [-0.25, -0.2) is 0 Å². The van der Waals surface area contributed by atoms with Crippen LogP contribution in [0, 0.1) is 29.1 Å². The molecule has 0 spiro atoms. The van der Waals surface area contributed by atoms with Crippen LogP contribution in [-0.4, -0.2) is 34.0 Å². The van der Waals surface area contributed by atoms with Crippen LogP contribution < -0.4 is 9.47 Å². The molecule has 4 aliphatic carbocycles. The number of carbonyl (C=O) groups is 1. The van der Waals surface area contributed by atoms with Crippen molar-refractivity contribution in [3.8, 4) is 23.3 Å². The molecule has 5 nitrogen and oxygen atoms in total. The van der Waals surface area contributed by atoms with Crippen LogP contribution in [0.25, 0.3) is 0 Å². The molecule has 0 aromatic heterocycles. The quantitative estimate of drug-likeness (QED) is 0.496. The standard InChI is InChI=1S/C28H32O5/c1-3-10-28(31)12-9-21-19-8-11-27(30)14-18(29)5-6-22(27)25(19)20(15-26(21,28)2)17-4-7-23-24(13-17)33-16-32-23/h4,7,13,19-21,30-31H,5-6,8-9,11-12,14-16H2,1-2H3/t19-,20+,21-,26-,27+,28-/m0/s1. The Morgan fingerprint density at radius 1 is 1.09 bits per heavy atom. The van der Waals surface area contributed by atoms with Gasteiger partial charge in [0.05, 0.1) is 5.60 Å². The van der Waals surface area contributed by atoms with Gasteiger partial charge in [-0.2, -0.15) is 0 Å². The van der Waals surface area contributed by atoms with Crippen molar-refractivity contribution in [2.45, 2.75) is 82.3 Å². The van der Waals surface area contributed by atoms with Crippen molar-refractivity contribution >= 4 is 5.78 Å². The number of carbonyl (C=O) groups excluding carboxylic acids is 1. The summed E-state index contributed by atoms with van der Waals surface area (Å²) in [4.78, 5) is 12.3. The van der Waals surface area contributed by atoms with Gasteiger partial charge in [0.1, 0.15) is 11.4 Å². The zero-order valence-electron chi connectivity index (χ0n) is 19.4. The minimum Gasteiger partial charge on any atom is -0.454 e. The number of benzene rings is 1. The molecule has 1 aliphatic heterocycles. The molecule has 6 atom stereocenters. The Morgan fingerprint density at radius 2 is 1.91 bits per heavy atom. The summed E-state index contributed by atoms with van der Waals surface area (Å²) in [5.74, 6) is 8.51. The molecule has 33 heavy (non-hydrogen) atoms. The van der Waals surface area contributed by atoms with Crippen LogP contribution in [0.15, 0.2) is 29.3 Å². The Balaban J connectivity index is 1.54. The molecule has 6 rings (SSSR count). The van der Waals surface area contributed by atoms with Gasteiger partial charge in [-0.3, -0.25) is 4.79 Å². The maximum Gasteiger partial charge on any atom is 0.231 e. The smallest absolute Gasteiger partial charge is 0.231 e. The lowest BCUT2D eigenvalue weighted by Crippen LogP contribution is -2.53. The summed E-state index contributed by atoms with van der Waals surface area (Å²) in [5.41, 5.74) is 1.19. The molecule has 0 saturated heterocycles.